The first-order valence-electron chi connectivity index (χ1n) is 8.35. The molecule has 4 nitrogen and oxygen atoms in total. The molecule has 1 amide bonds. The topological polar surface area (TPSA) is 81.1 Å². The zero-order valence-electron chi connectivity index (χ0n) is 16.3. The fraction of sp³-hybridized carbons (Fsp3) is 0.944. The minimum Gasteiger partial charge on any atom is -0.351 e. The summed E-state index contributed by atoms with van der Waals surface area (Å²) >= 11 is 0. The summed E-state index contributed by atoms with van der Waals surface area (Å²) in [6.07, 6.45) is 1.76. The van der Waals surface area contributed by atoms with Crippen LogP contribution >= 0.6 is 0 Å². The van der Waals surface area contributed by atoms with E-state index >= 15 is 0 Å². The van der Waals surface area contributed by atoms with Crippen molar-refractivity contribution < 1.29 is 4.79 Å². The molecule has 5 N–H and O–H groups in total. The van der Waals surface area contributed by atoms with Gasteiger partial charge in [0.1, 0.15) is 0 Å². The lowest BCUT2D eigenvalue weighted by molar-refractivity contribution is -0.124. The van der Waals surface area contributed by atoms with Crippen LogP contribution in [0.15, 0.2) is 0 Å². The van der Waals surface area contributed by atoms with Crippen molar-refractivity contribution in [2.45, 2.75) is 98.2 Å². The molecule has 0 fully saturated rings. The van der Waals surface area contributed by atoms with Crippen molar-refractivity contribution in [1.29, 1.82) is 0 Å². The number of nitrogens with two attached hydrogens (primary N) is 2. The standard InChI is InChI=1S/C18H39N3O/c1-13(15(2,3)4)17(7,8)21-14(22)10-11-18(9,20)12-16(5,6)19/h13H,10-12,19-20H2,1-9H3,(H,21,22). The Balaban J connectivity index is 4.58. The van der Waals surface area contributed by atoms with Crippen LogP contribution in [-0.2, 0) is 4.79 Å². The van der Waals surface area contributed by atoms with E-state index in [1.54, 1.807) is 0 Å². The summed E-state index contributed by atoms with van der Waals surface area (Å²) in [4.78, 5) is 12.3. The molecule has 0 heterocycles. The van der Waals surface area contributed by atoms with Crippen molar-refractivity contribution in [3.05, 3.63) is 0 Å². The van der Waals surface area contributed by atoms with Crippen LogP contribution in [0.4, 0.5) is 0 Å². The first-order valence-corrected chi connectivity index (χ1v) is 8.35. The second-order valence-corrected chi connectivity index (χ2v) is 9.68. The Labute approximate surface area is 137 Å². The van der Waals surface area contributed by atoms with Gasteiger partial charge in [-0.1, -0.05) is 27.7 Å². The first kappa shape index (κ1) is 21.4. The van der Waals surface area contributed by atoms with Gasteiger partial charge in [0.15, 0.2) is 0 Å². The van der Waals surface area contributed by atoms with Crippen LogP contribution in [0.25, 0.3) is 0 Å². The van der Waals surface area contributed by atoms with Crippen molar-refractivity contribution in [3.63, 3.8) is 0 Å². The fourth-order valence-electron chi connectivity index (χ4n) is 3.14. The third-order valence-corrected chi connectivity index (χ3v) is 4.63. The van der Waals surface area contributed by atoms with Gasteiger partial charge in [0, 0.05) is 23.0 Å². The van der Waals surface area contributed by atoms with Crippen molar-refractivity contribution in [2.75, 3.05) is 0 Å². The van der Waals surface area contributed by atoms with Crippen LogP contribution in [0.2, 0.25) is 0 Å². The molecule has 22 heavy (non-hydrogen) atoms. The number of amides is 1. The Morgan fingerprint density at radius 2 is 1.45 bits per heavy atom. The Hall–Kier alpha value is -0.610. The minimum absolute atomic E-state index is 0.0626. The highest BCUT2D eigenvalue weighted by molar-refractivity contribution is 5.76. The van der Waals surface area contributed by atoms with E-state index in [-0.39, 0.29) is 22.4 Å². The molecule has 0 spiro atoms. The number of hydrogen-bond donors (Lipinski definition) is 3. The lowest BCUT2D eigenvalue weighted by Gasteiger charge is -2.41. The number of nitrogens with one attached hydrogen (secondary N) is 1. The summed E-state index contributed by atoms with van der Waals surface area (Å²) in [6.45, 7) is 18.9. The molecule has 0 saturated carbocycles. The summed E-state index contributed by atoms with van der Waals surface area (Å²) < 4.78 is 0. The van der Waals surface area contributed by atoms with Crippen molar-refractivity contribution in [1.82, 2.24) is 5.32 Å². The SMILES string of the molecule is CC(C(C)(C)C)C(C)(C)NC(=O)CCC(C)(N)CC(C)(C)N. The summed E-state index contributed by atoms with van der Waals surface area (Å²) in [7, 11) is 0. The highest BCUT2D eigenvalue weighted by Gasteiger charge is 2.36. The van der Waals surface area contributed by atoms with Gasteiger partial charge in [0.25, 0.3) is 0 Å². The molecule has 0 radical (unpaired) electrons. The molecule has 2 atom stereocenters. The number of carbonyl (C=O) groups is 1. The van der Waals surface area contributed by atoms with Crippen LogP contribution in [0.1, 0.15) is 81.6 Å². The predicted molar refractivity (Wildman–Crippen MR) is 95.6 cm³/mol. The number of rotatable bonds is 7. The van der Waals surface area contributed by atoms with E-state index in [4.69, 9.17) is 11.5 Å². The highest BCUT2D eigenvalue weighted by Crippen LogP contribution is 2.34. The molecule has 0 aromatic rings. The van der Waals surface area contributed by atoms with Gasteiger partial charge in [-0.15, -0.1) is 0 Å². The van der Waals surface area contributed by atoms with E-state index in [0.29, 0.717) is 25.2 Å². The van der Waals surface area contributed by atoms with Gasteiger partial charge < -0.3 is 16.8 Å². The maximum absolute atomic E-state index is 12.3. The molecule has 0 aromatic heterocycles. The van der Waals surface area contributed by atoms with E-state index in [0.717, 1.165) is 0 Å². The summed E-state index contributed by atoms with van der Waals surface area (Å²) in [6, 6.07) is 0. The Morgan fingerprint density at radius 1 is 1.00 bits per heavy atom. The van der Waals surface area contributed by atoms with E-state index < -0.39 is 5.54 Å². The van der Waals surface area contributed by atoms with Crippen molar-refractivity contribution >= 4 is 5.91 Å². The van der Waals surface area contributed by atoms with Gasteiger partial charge in [-0.3, -0.25) is 4.79 Å². The Kier molecular flexibility index (Phi) is 6.69. The molecule has 0 aromatic carbocycles. The highest BCUT2D eigenvalue weighted by atomic mass is 16.1. The van der Waals surface area contributed by atoms with Gasteiger partial charge in [-0.2, -0.15) is 0 Å². The lowest BCUT2D eigenvalue weighted by Crippen LogP contribution is -2.53. The normalized spacial score (nSPS) is 17.8. The average molecular weight is 314 g/mol. The molecule has 0 saturated heterocycles. The maximum Gasteiger partial charge on any atom is 0.220 e. The molecule has 0 rings (SSSR count). The first-order chi connectivity index (χ1) is 9.46. The van der Waals surface area contributed by atoms with Crippen LogP contribution in [0.3, 0.4) is 0 Å². The summed E-state index contributed by atoms with van der Waals surface area (Å²) in [5, 5.41) is 3.17. The Bertz CT molecular complexity index is 373. The summed E-state index contributed by atoms with van der Waals surface area (Å²) in [5.41, 5.74) is 11.5. The largest absolute Gasteiger partial charge is 0.351 e. The van der Waals surface area contributed by atoms with E-state index in [9.17, 15) is 4.79 Å². The van der Waals surface area contributed by atoms with Crippen LogP contribution in [0.5, 0.6) is 0 Å². The fourth-order valence-corrected chi connectivity index (χ4v) is 3.14. The third-order valence-electron chi connectivity index (χ3n) is 4.63. The summed E-state index contributed by atoms with van der Waals surface area (Å²) in [5.74, 6) is 0.420. The van der Waals surface area contributed by atoms with Crippen LogP contribution < -0.4 is 16.8 Å². The molecule has 0 aliphatic carbocycles. The van der Waals surface area contributed by atoms with Gasteiger partial charge in [-0.25, -0.2) is 0 Å². The molecule has 2 unspecified atom stereocenters. The molecule has 0 aliphatic rings. The average Bonchev–Trinajstić information content (AvgIpc) is 2.20. The maximum atomic E-state index is 12.3. The van der Waals surface area contributed by atoms with Crippen molar-refractivity contribution in [2.24, 2.45) is 22.8 Å². The quantitative estimate of drug-likeness (QED) is 0.675. The van der Waals surface area contributed by atoms with Crippen LogP contribution in [0, 0.1) is 11.3 Å². The monoisotopic (exact) mass is 313 g/mol. The molecule has 132 valence electrons. The molecule has 0 bridgehead atoms. The van der Waals surface area contributed by atoms with Crippen LogP contribution in [-0.4, -0.2) is 22.5 Å². The second-order valence-electron chi connectivity index (χ2n) is 9.68. The lowest BCUT2D eigenvalue weighted by atomic mass is 9.71. The molecule has 4 heteroatoms. The van der Waals surface area contributed by atoms with Gasteiger partial charge in [-0.05, 0) is 58.8 Å². The van der Waals surface area contributed by atoms with Gasteiger partial charge in [0.2, 0.25) is 5.91 Å². The predicted octanol–water partition coefficient (Wildman–Crippen LogP) is 3.19. The van der Waals surface area contributed by atoms with Gasteiger partial charge >= 0.3 is 0 Å². The van der Waals surface area contributed by atoms with E-state index in [2.05, 4.69) is 46.9 Å². The zero-order valence-corrected chi connectivity index (χ0v) is 16.3. The second kappa shape index (κ2) is 6.88. The van der Waals surface area contributed by atoms with E-state index in [1.807, 2.05) is 20.8 Å². The minimum atomic E-state index is -0.421. The third kappa shape index (κ3) is 8.14. The zero-order chi connectivity index (χ0) is 18.0. The Morgan fingerprint density at radius 3 is 1.82 bits per heavy atom. The number of carbonyl (C=O) groups excluding carboxylic acids is 1. The van der Waals surface area contributed by atoms with E-state index in [1.165, 1.54) is 0 Å². The molecular weight excluding hydrogens is 274 g/mol. The molecular formula is C18H39N3O. The smallest absolute Gasteiger partial charge is 0.220 e. The van der Waals surface area contributed by atoms with Gasteiger partial charge in [0.05, 0.1) is 0 Å². The molecule has 0 aliphatic heterocycles. The van der Waals surface area contributed by atoms with Crippen molar-refractivity contribution in [3.8, 4) is 0 Å². The number of hydrogen-bond acceptors (Lipinski definition) is 3.